The fourth-order valence-electron chi connectivity index (χ4n) is 3.71. The summed E-state index contributed by atoms with van der Waals surface area (Å²) in [6, 6.07) is 9.75. The van der Waals surface area contributed by atoms with E-state index in [1.54, 1.807) is 38.2 Å². The SMILES string of the molecule is CC1=NN(c2ccc(S(=O)(=O)[O-])cc2)C(=O)C1=CC=CC=Cc1c(C)[nH]n(-c2ccc(S(=O)(=O)[O-])cc2)c1=O.[K+].[K+]. The molecule has 1 aromatic heterocycles. The zero-order valence-corrected chi connectivity index (χ0v) is 30.3. The van der Waals surface area contributed by atoms with Gasteiger partial charge in [-0.1, -0.05) is 18.2 Å². The Kier molecular flexibility index (Phi) is 12.8. The maximum atomic E-state index is 12.8. The molecule has 0 fully saturated rings. The van der Waals surface area contributed by atoms with Crippen LogP contribution in [0.25, 0.3) is 11.8 Å². The number of nitrogens with zero attached hydrogens (tertiary/aromatic N) is 3. The Morgan fingerprint density at radius 1 is 0.780 bits per heavy atom. The molecule has 0 spiro atoms. The Morgan fingerprint density at radius 3 is 1.80 bits per heavy atom. The van der Waals surface area contributed by atoms with E-state index in [9.17, 15) is 35.5 Å². The Bertz CT molecular complexity index is 1860. The van der Waals surface area contributed by atoms with E-state index in [0.717, 1.165) is 29.3 Å². The second-order valence-electron chi connectivity index (χ2n) is 8.31. The number of aryl methyl sites for hydroxylation is 1. The number of aromatic nitrogens is 2. The fourth-order valence-corrected chi connectivity index (χ4v) is 4.65. The van der Waals surface area contributed by atoms with E-state index in [0.29, 0.717) is 33.9 Å². The summed E-state index contributed by atoms with van der Waals surface area (Å²) in [7, 11) is -9.21. The second-order valence-corrected chi connectivity index (χ2v) is 11.1. The van der Waals surface area contributed by atoms with Crippen molar-refractivity contribution in [3.05, 3.63) is 100 Å². The van der Waals surface area contributed by atoms with Crippen LogP contribution in [0.2, 0.25) is 0 Å². The van der Waals surface area contributed by atoms with Crippen molar-refractivity contribution < 1.29 is 134 Å². The average Bonchev–Trinajstić information content (AvgIpc) is 3.32. The third kappa shape index (κ3) is 8.51. The van der Waals surface area contributed by atoms with Gasteiger partial charge in [0, 0.05) is 5.69 Å². The van der Waals surface area contributed by atoms with Gasteiger partial charge in [0.05, 0.1) is 38.0 Å². The van der Waals surface area contributed by atoms with Crippen molar-refractivity contribution in [3.8, 4) is 5.69 Å². The van der Waals surface area contributed by atoms with Crippen molar-refractivity contribution in [2.75, 3.05) is 5.01 Å². The maximum absolute atomic E-state index is 12.8. The second kappa shape index (κ2) is 14.6. The number of nitrogens with one attached hydrogen (secondary N) is 1. The van der Waals surface area contributed by atoms with Gasteiger partial charge in [0.15, 0.2) is 0 Å². The van der Waals surface area contributed by atoms with Crippen LogP contribution in [0, 0.1) is 6.92 Å². The van der Waals surface area contributed by atoms with E-state index in [1.165, 1.54) is 35.0 Å². The van der Waals surface area contributed by atoms with Gasteiger partial charge >= 0.3 is 103 Å². The number of benzene rings is 2. The number of anilines is 1. The van der Waals surface area contributed by atoms with Crippen molar-refractivity contribution in [2.24, 2.45) is 5.10 Å². The molecule has 0 saturated heterocycles. The molecule has 1 aliphatic rings. The molecule has 202 valence electrons. The van der Waals surface area contributed by atoms with Crippen LogP contribution in [0.1, 0.15) is 18.2 Å². The first-order valence-corrected chi connectivity index (χ1v) is 14.0. The first kappa shape index (κ1) is 36.1. The average molecular weight is 647 g/mol. The number of rotatable bonds is 7. The number of carbonyl (C=O) groups excluding carboxylic acids is 1. The first-order valence-electron chi connectivity index (χ1n) is 11.2. The van der Waals surface area contributed by atoms with Gasteiger partial charge in [-0.25, -0.2) is 21.5 Å². The Balaban J connectivity index is 0.00000294. The molecule has 2 heterocycles. The summed E-state index contributed by atoms with van der Waals surface area (Å²) in [6.07, 6.45) is 7.88. The van der Waals surface area contributed by atoms with Crippen LogP contribution in [0.15, 0.2) is 98.1 Å². The van der Waals surface area contributed by atoms with E-state index >= 15 is 0 Å². The minimum Gasteiger partial charge on any atom is -0.744 e. The molecule has 1 N–H and O–H groups in total. The molecule has 16 heteroatoms. The zero-order chi connectivity index (χ0) is 28.5. The summed E-state index contributed by atoms with van der Waals surface area (Å²) in [5, 5.41) is 8.17. The zero-order valence-electron chi connectivity index (χ0n) is 22.4. The minimum atomic E-state index is -4.61. The van der Waals surface area contributed by atoms with Crippen LogP contribution in [0.4, 0.5) is 5.69 Å². The van der Waals surface area contributed by atoms with Crippen molar-refractivity contribution >= 4 is 43.6 Å². The Labute approximate surface area is 321 Å². The van der Waals surface area contributed by atoms with E-state index in [2.05, 4.69) is 10.2 Å². The normalized spacial score (nSPS) is 14.9. The van der Waals surface area contributed by atoms with Gasteiger partial charge in [-0.3, -0.25) is 14.7 Å². The van der Waals surface area contributed by atoms with Crippen LogP contribution in [0.3, 0.4) is 0 Å². The summed E-state index contributed by atoms with van der Waals surface area (Å²) in [5.74, 6) is -0.445. The summed E-state index contributed by atoms with van der Waals surface area (Å²) >= 11 is 0. The van der Waals surface area contributed by atoms with Gasteiger partial charge < -0.3 is 9.11 Å². The van der Waals surface area contributed by atoms with Crippen LogP contribution >= 0.6 is 0 Å². The van der Waals surface area contributed by atoms with E-state index in [-0.39, 0.29) is 103 Å². The fraction of sp³-hybridized carbons (Fsp3) is 0.0800. The summed E-state index contributed by atoms with van der Waals surface area (Å²) in [4.78, 5) is 24.8. The molecule has 0 saturated carbocycles. The molecule has 4 rings (SSSR count). The van der Waals surface area contributed by atoms with Crippen molar-refractivity contribution in [1.82, 2.24) is 9.78 Å². The van der Waals surface area contributed by atoms with E-state index in [1.807, 2.05) is 0 Å². The Morgan fingerprint density at radius 2 is 1.29 bits per heavy atom. The number of allylic oxidation sites excluding steroid dienone is 4. The number of hydrogen-bond donors (Lipinski definition) is 1. The Hall–Kier alpha value is -1.10. The summed E-state index contributed by atoms with van der Waals surface area (Å²) < 4.78 is 67.9. The van der Waals surface area contributed by atoms with Crippen LogP contribution in [-0.4, -0.2) is 47.3 Å². The molecule has 41 heavy (non-hydrogen) atoms. The molecular formula is C25H20K2N4O8S2. The molecule has 0 unspecified atom stereocenters. The number of carbonyl (C=O) groups is 1. The molecule has 0 radical (unpaired) electrons. The predicted molar refractivity (Wildman–Crippen MR) is 140 cm³/mol. The first-order chi connectivity index (χ1) is 18.3. The predicted octanol–water partition coefficient (Wildman–Crippen LogP) is -3.79. The number of H-pyrrole nitrogens is 1. The van der Waals surface area contributed by atoms with E-state index < -0.39 is 41.5 Å². The van der Waals surface area contributed by atoms with Crippen LogP contribution in [-0.2, 0) is 25.0 Å². The number of hydrazone groups is 1. The maximum Gasteiger partial charge on any atom is 1.00 e. The van der Waals surface area contributed by atoms with Gasteiger partial charge in [-0.05, 0) is 74.5 Å². The smallest absolute Gasteiger partial charge is 0.744 e. The monoisotopic (exact) mass is 646 g/mol. The largest absolute Gasteiger partial charge is 1.00 e. The van der Waals surface area contributed by atoms with Crippen molar-refractivity contribution in [1.29, 1.82) is 0 Å². The molecule has 2 aromatic carbocycles. The third-order valence-electron chi connectivity index (χ3n) is 5.68. The van der Waals surface area contributed by atoms with Gasteiger partial charge in [-0.2, -0.15) is 10.1 Å². The molecule has 0 atom stereocenters. The van der Waals surface area contributed by atoms with Gasteiger partial charge in [0.1, 0.15) is 20.2 Å². The molecule has 12 nitrogen and oxygen atoms in total. The van der Waals surface area contributed by atoms with Gasteiger partial charge in [0.2, 0.25) is 0 Å². The quantitative estimate of drug-likeness (QED) is 0.117. The molecular weight excluding hydrogens is 627 g/mol. The molecule has 0 bridgehead atoms. The number of hydrogen-bond acceptors (Lipinski definition) is 9. The third-order valence-corrected chi connectivity index (χ3v) is 7.38. The van der Waals surface area contributed by atoms with Crippen LogP contribution < -0.4 is 113 Å². The molecule has 3 aromatic rings. The van der Waals surface area contributed by atoms with Crippen molar-refractivity contribution in [2.45, 2.75) is 23.6 Å². The topological polar surface area (TPSA) is 185 Å². The summed E-state index contributed by atoms with van der Waals surface area (Å²) in [5.41, 5.74) is 1.86. The minimum absolute atomic E-state index is 0. The standard InChI is InChI=1S/C25H22N4O8S2.2K/c1-16-22(24(30)28(26-16)18-8-12-20(13-9-18)38(32,33)34)6-4-3-5-7-23-17(2)27-29(25(23)31)19-10-14-21(15-11-19)39(35,36)37;;/h3-15,26H,1-2H3,(H,32,33,34)(H,35,36,37);;/q;2*+1/p-2. The van der Waals surface area contributed by atoms with Gasteiger partial charge in [-0.15, -0.1) is 0 Å². The molecule has 1 amide bonds. The number of aromatic amines is 1. The van der Waals surface area contributed by atoms with Gasteiger partial charge in [0.25, 0.3) is 11.5 Å². The summed E-state index contributed by atoms with van der Waals surface area (Å²) in [6.45, 7) is 3.32. The van der Waals surface area contributed by atoms with Crippen LogP contribution in [0.5, 0.6) is 0 Å². The number of amides is 1. The van der Waals surface area contributed by atoms with Crippen molar-refractivity contribution in [3.63, 3.8) is 0 Å². The van der Waals surface area contributed by atoms with E-state index in [4.69, 9.17) is 0 Å². The molecule has 1 aliphatic heterocycles. The molecule has 0 aliphatic carbocycles.